The SMILES string of the molecule is CCC(C)c1ccc(C(=O)C2CCCNC2)cc1. The number of hydrogen-bond acceptors (Lipinski definition) is 2. The first-order chi connectivity index (χ1) is 8.72. The first kappa shape index (κ1) is 13.3. The Kier molecular flexibility index (Phi) is 4.54. The van der Waals surface area contributed by atoms with Gasteiger partial charge in [0, 0.05) is 18.0 Å². The molecule has 1 aliphatic rings. The number of rotatable bonds is 4. The second kappa shape index (κ2) is 6.14. The number of carbonyl (C=O) groups is 1. The van der Waals surface area contributed by atoms with Crippen LogP contribution < -0.4 is 5.32 Å². The monoisotopic (exact) mass is 245 g/mol. The summed E-state index contributed by atoms with van der Waals surface area (Å²) in [6.07, 6.45) is 3.28. The van der Waals surface area contributed by atoms with Gasteiger partial charge in [-0.1, -0.05) is 38.1 Å². The van der Waals surface area contributed by atoms with Crippen LogP contribution in [0.5, 0.6) is 0 Å². The lowest BCUT2D eigenvalue weighted by Crippen LogP contribution is -2.34. The van der Waals surface area contributed by atoms with Crippen molar-refractivity contribution in [3.05, 3.63) is 35.4 Å². The fourth-order valence-electron chi connectivity index (χ4n) is 2.52. The molecule has 2 atom stereocenters. The predicted molar refractivity (Wildman–Crippen MR) is 75.1 cm³/mol. The molecule has 0 bridgehead atoms. The zero-order chi connectivity index (χ0) is 13.0. The predicted octanol–water partition coefficient (Wildman–Crippen LogP) is 3.38. The van der Waals surface area contributed by atoms with Gasteiger partial charge >= 0.3 is 0 Å². The average Bonchev–Trinajstić information content (AvgIpc) is 2.47. The molecule has 1 aromatic carbocycles. The molecular formula is C16H23NO. The van der Waals surface area contributed by atoms with Crippen molar-refractivity contribution in [3.8, 4) is 0 Å². The summed E-state index contributed by atoms with van der Waals surface area (Å²) >= 11 is 0. The Morgan fingerprint density at radius 2 is 2.11 bits per heavy atom. The van der Waals surface area contributed by atoms with Crippen LogP contribution in [0.3, 0.4) is 0 Å². The van der Waals surface area contributed by atoms with Gasteiger partial charge in [0.2, 0.25) is 0 Å². The second-order valence-corrected chi connectivity index (χ2v) is 5.34. The minimum atomic E-state index is 0.174. The third-order valence-electron chi connectivity index (χ3n) is 4.04. The average molecular weight is 245 g/mol. The van der Waals surface area contributed by atoms with E-state index in [1.807, 2.05) is 12.1 Å². The van der Waals surface area contributed by atoms with E-state index >= 15 is 0 Å². The molecule has 1 saturated heterocycles. The van der Waals surface area contributed by atoms with Crippen molar-refractivity contribution in [1.29, 1.82) is 0 Å². The van der Waals surface area contributed by atoms with Crippen LogP contribution in [0.25, 0.3) is 0 Å². The molecule has 0 spiro atoms. The zero-order valence-corrected chi connectivity index (χ0v) is 11.4. The van der Waals surface area contributed by atoms with Crippen LogP contribution in [-0.2, 0) is 0 Å². The number of nitrogens with one attached hydrogen (secondary N) is 1. The van der Waals surface area contributed by atoms with Gasteiger partial charge < -0.3 is 5.32 Å². The quantitative estimate of drug-likeness (QED) is 0.824. The van der Waals surface area contributed by atoms with Crippen molar-refractivity contribution < 1.29 is 4.79 Å². The molecule has 1 heterocycles. The molecule has 2 rings (SSSR count). The second-order valence-electron chi connectivity index (χ2n) is 5.34. The summed E-state index contributed by atoms with van der Waals surface area (Å²) in [5.41, 5.74) is 2.20. The minimum absolute atomic E-state index is 0.174. The lowest BCUT2D eigenvalue weighted by Gasteiger charge is -2.21. The zero-order valence-electron chi connectivity index (χ0n) is 11.4. The standard InChI is InChI=1S/C16H23NO/c1-3-12(2)13-6-8-14(9-7-13)16(18)15-5-4-10-17-11-15/h6-9,12,15,17H,3-5,10-11H2,1-2H3. The molecule has 2 unspecified atom stereocenters. The van der Waals surface area contributed by atoms with Crippen molar-refractivity contribution in [2.24, 2.45) is 5.92 Å². The van der Waals surface area contributed by atoms with Crippen LogP contribution in [-0.4, -0.2) is 18.9 Å². The van der Waals surface area contributed by atoms with Crippen molar-refractivity contribution in [2.45, 2.75) is 39.0 Å². The van der Waals surface area contributed by atoms with Crippen molar-refractivity contribution in [2.75, 3.05) is 13.1 Å². The third kappa shape index (κ3) is 2.99. The van der Waals surface area contributed by atoms with E-state index in [4.69, 9.17) is 0 Å². The van der Waals surface area contributed by atoms with Crippen molar-refractivity contribution in [1.82, 2.24) is 5.32 Å². The number of ketones is 1. The first-order valence-electron chi connectivity index (χ1n) is 7.07. The summed E-state index contributed by atoms with van der Waals surface area (Å²) in [6, 6.07) is 8.21. The Morgan fingerprint density at radius 3 is 2.67 bits per heavy atom. The number of hydrogen-bond donors (Lipinski definition) is 1. The van der Waals surface area contributed by atoms with Gasteiger partial charge in [-0.05, 0) is 37.3 Å². The van der Waals surface area contributed by atoms with Gasteiger partial charge in [0.1, 0.15) is 0 Å². The van der Waals surface area contributed by atoms with Crippen LogP contribution in [0.1, 0.15) is 54.9 Å². The fourth-order valence-corrected chi connectivity index (χ4v) is 2.52. The molecule has 18 heavy (non-hydrogen) atoms. The molecule has 1 aliphatic heterocycles. The molecule has 0 aromatic heterocycles. The molecule has 2 heteroatoms. The molecule has 1 aromatic rings. The van der Waals surface area contributed by atoms with Crippen LogP contribution >= 0.6 is 0 Å². The fraction of sp³-hybridized carbons (Fsp3) is 0.562. The maximum Gasteiger partial charge on any atom is 0.167 e. The number of Topliss-reactive ketones (excluding diaryl/α,β-unsaturated/α-hetero) is 1. The van der Waals surface area contributed by atoms with Gasteiger partial charge in [-0.2, -0.15) is 0 Å². The molecular weight excluding hydrogens is 222 g/mol. The summed E-state index contributed by atoms with van der Waals surface area (Å²) in [7, 11) is 0. The molecule has 98 valence electrons. The highest BCUT2D eigenvalue weighted by atomic mass is 16.1. The Balaban J connectivity index is 2.06. The molecule has 0 radical (unpaired) electrons. The Morgan fingerprint density at radius 1 is 1.39 bits per heavy atom. The topological polar surface area (TPSA) is 29.1 Å². The maximum atomic E-state index is 12.3. The van der Waals surface area contributed by atoms with E-state index in [-0.39, 0.29) is 5.92 Å². The van der Waals surface area contributed by atoms with E-state index in [1.54, 1.807) is 0 Å². The van der Waals surface area contributed by atoms with Gasteiger partial charge in [0.15, 0.2) is 5.78 Å². The highest BCUT2D eigenvalue weighted by Gasteiger charge is 2.22. The Bertz CT molecular complexity index is 390. The van der Waals surface area contributed by atoms with Crippen LogP contribution in [0, 0.1) is 5.92 Å². The Hall–Kier alpha value is -1.15. The summed E-state index contributed by atoms with van der Waals surface area (Å²) in [6.45, 7) is 6.31. The van der Waals surface area contributed by atoms with Gasteiger partial charge in [0.05, 0.1) is 0 Å². The highest BCUT2D eigenvalue weighted by Crippen LogP contribution is 2.21. The number of carbonyl (C=O) groups excluding carboxylic acids is 1. The Labute approximate surface area is 110 Å². The molecule has 0 amide bonds. The lowest BCUT2D eigenvalue weighted by atomic mass is 9.89. The van der Waals surface area contributed by atoms with E-state index in [2.05, 4.69) is 31.3 Å². The van der Waals surface area contributed by atoms with Gasteiger partial charge in [-0.3, -0.25) is 4.79 Å². The number of piperidine rings is 1. The smallest absolute Gasteiger partial charge is 0.167 e. The van der Waals surface area contributed by atoms with Crippen LogP contribution in [0.4, 0.5) is 0 Å². The molecule has 2 nitrogen and oxygen atoms in total. The van der Waals surface area contributed by atoms with Gasteiger partial charge in [-0.15, -0.1) is 0 Å². The van der Waals surface area contributed by atoms with Crippen LogP contribution in [0.2, 0.25) is 0 Å². The number of benzene rings is 1. The highest BCUT2D eigenvalue weighted by molar-refractivity contribution is 5.98. The lowest BCUT2D eigenvalue weighted by molar-refractivity contribution is 0.0899. The van der Waals surface area contributed by atoms with E-state index in [1.165, 1.54) is 5.56 Å². The van der Waals surface area contributed by atoms with Gasteiger partial charge in [0.25, 0.3) is 0 Å². The first-order valence-corrected chi connectivity index (χ1v) is 7.07. The largest absolute Gasteiger partial charge is 0.316 e. The molecule has 0 saturated carbocycles. The maximum absolute atomic E-state index is 12.3. The summed E-state index contributed by atoms with van der Waals surface area (Å²) in [4.78, 5) is 12.3. The summed E-state index contributed by atoms with van der Waals surface area (Å²) in [5, 5.41) is 3.30. The van der Waals surface area contributed by atoms with E-state index in [9.17, 15) is 4.79 Å². The summed E-state index contributed by atoms with van der Waals surface area (Å²) in [5.74, 6) is 1.05. The molecule has 1 N–H and O–H groups in total. The van der Waals surface area contributed by atoms with Gasteiger partial charge in [-0.25, -0.2) is 0 Å². The molecule has 1 fully saturated rings. The van der Waals surface area contributed by atoms with E-state index in [0.717, 1.165) is 37.9 Å². The third-order valence-corrected chi connectivity index (χ3v) is 4.04. The minimum Gasteiger partial charge on any atom is -0.316 e. The van der Waals surface area contributed by atoms with Crippen LogP contribution in [0.15, 0.2) is 24.3 Å². The van der Waals surface area contributed by atoms with Crippen molar-refractivity contribution in [3.63, 3.8) is 0 Å². The van der Waals surface area contributed by atoms with E-state index < -0.39 is 0 Å². The molecule has 0 aliphatic carbocycles. The van der Waals surface area contributed by atoms with E-state index in [0.29, 0.717) is 11.7 Å². The normalized spacial score (nSPS) is 21.6. The summed E-state index contributed by atoms with van der Waals surface area (Å²) < 4.78 is 0. The van der Waals surface area contributed by atoms with Crippen molar-refractivity contribution >= 4 is 5.78 Å².